The van der Waals surface area contributed by atoms with Crippen LogP contribution in [0.5, 0.6) is 0 Å². The summed E-state index contributed by atoms with van der Waals surface area (Å²) in [6.45, 7) is 10.1. The van der Waals surface area contributed by atoms with E-state index in [1.54, 1.807) is 0 Å². The van der Waals surface area contributed by atoms with Crippen LogP contribution in [-0.2, 0) is 16.2 Å². The van der Waals surface area contributed by atoms with Crippen molar-refractivity contribution in [3.63, 3.8) is 0 Å². The standard InChI is InChI=1S/C12H21N3O2/c1-9-8-10(2)15(13-9)7-6-11(16)14-17-12(3,4)5/h8H,6-7H2,1-5H3,(H,14,16). The zero-order valence-electron chi connectivity index (χ0n) is 11.2. The van der Waals surface area contributed by atoms with Crippen molar-refractivity contribution < 1.29 is 9.63 Å². The summed E-state index contributed by atoms with van der Waals surface area (Å²) in [7, 11) is 0. The van der Waals surface area contributed by atoms with Crippen molar-refractivity contribution in [2.45, 2.75) is 53.2 Å². The van der Waals surface area contributed by atoms with Gasteiger partial charge >= 0.3 is 0 Å². The van der Waals surface area contributed by atoms with Crippen LogP contribution in [0.15, 0.2) is 6.07 Å². The maximum atomic E-state index is 11.5. The number of hydrogen-bond donors (Lipinski definition) is 1. The van der Waals surface area contributed by atoms with Crippen molar-refractivity contribution in [2.24, 2.45) is 0 Å². The molecule has 1 amide bonds. The van der Waals surface area contributed by atoms with Crippen LogP contribution in [0.3, 0.4) is 0 Å². The lowest BCUT2D eigenvalue weighted by atomic mass is 10.2. The Morgan fingerprint density at radius 2 is 2.12 bits per heavy atom. The van der Waals surface area contributed by atoms with Gasteiger partial charge in [-0.2, -0.15) is 5.10 Å². The molecule has 5 heteroatoms. The maximum absolute atomic E-state index is 11.5. The third-order valence-electron chi connectivity index (χ3n) is 2.13. The smallest absolute Gasteiger partial charge is 0.245 e. The SMILES string of the molecule is Cc1cc(C)n(CCC(=O)NOC(C)(C)C)n1. The molecule has 17 heavy (non-hydrogen) atoms. The molecule has 0 saturated heterocycles. The van der Waals surface area contributed by atoms with Crippen molar-refractivity contribution in [3.8, 4) is 0 Å². The molecule has 1 aromatic rings. The summed E-state index contributed by atoms with van der Waals surface area (Å²) >= 11 is 0. The number of aryl methyl sites for hydroxylation is 3. The van der Waals surface area contributed by atoms with Crippen molar-refractivity contribution in [3.05, 3.63) is 17.5 Å². The normalized spacial score (nSPS) is 11.6. The van der Waals surface area contributed by atoms with Crippen LogP contribution in [-0.4, -0.2) is 21.3 Å². The van der Waals surface area contributed by atoms with Gasteiger partial charge in [0.15, 0.2) is 0 Å². The van der Waals surface area contributed by atoms with E-state index in [0.29, 0.717) is 13.0 Å². The van der Waals surface area contributed by atoms with Gasteiger partial charge in [0.05, 0.1) is 17.8 Å². The predicted octanol–water partition coefficient (Wildman–Crippen LogP) is 1.74. The molecule has 0 unspecified atom stereocenters. The third kappa shape index (κ3) is 4.99. The van der Waals surface area contributed by atoms with Gasteiger partial charge in [0.2, 0.25) is 5.91 Å². The van der Waals surface area contributed by atoms with Crippen LogP contribution in [0.4, 0.5) is 0 Å². The minimum atomic E-state index is -0.367. The van der Waals surface area contributed by atoms with E-state index in [-0.39, 0.29) is 11.5 Å². The van der Waals surface area contributed by atoms with Gasteiger partial charge in [-0.25, -0.2) is 5.48 Å². The van der Waals surface area contributed by atoms with Gasteiger partial charge in [-0.3, -0.25) is 14.3 Å². The molecular weight excluding hydrogens is 218 g/mol. The average Bonchev–Trinajstić information content (AvgIpc) is 2.50. The first kappa shape index (κ1) is 13.7. The Balaban J connectivity index is 2.36. The molecule has 5 nitrogen and oxygen atoms in total. The van der Waals surface area contributed by atoms with Crippen LogP contribution in [0.25, 0.3) is 0 Å². The van der Waals surface area contributed by atoms with Crippen LogP contribution in [0.2, 0.25) is 0 Å². The summed E-state index contributed by atoms with van der Waals surface area (Å²) in [6, 6.07) is 1.99. The van der Waals surface area contributed by atoms with Gasteiger partial charge in [-0.15, -0.1) is 0 Å². The number of hydroxylamine groups is 1. The molecule has 1 aromatic heterocycles. The number of amides is 1. The lowest BCUT2D eigenvalue weighted by Gasteiger charge is -2.18. The number of nitrogens with one attached hydrogen (secondary N) is 1. The molecule has 0 aliphatic carbocycles. The Morgan fingerprint density at radius 3 is 2.59 bits per heavy atom. The van der Waals surface area contributed by atoms with Gasteiger partial charge in [-0.1, -0.05) is 0 Å². The zero-order valence-corrected chi connectivity index (χ0v) is 11.2. The van der Waals surface area contributed by atoms with E-state index < -0.39 is 0 Å². The maximum Gasteiger partial charge on any atom is 0.245 e. The minimum absolute atomic E-state index is 0.132. The van der Waals surface area contributed by atoms with E-state index >= 15 is 0 Å². The number of aromatic nitrogens is 2. The summed E-state index contributed by atoms with van der Waals surface area (Å²) in [5.74, 6) is -0.132. The number of nitrogens with zero attached hydrogens (tertiary/aromatic N) is 2. The molecule has 0 atom stereocenters. The fourth-order valence-corrected chi connectivity index (χ4v) is 1.37. The Hall–Kier alpha value is -1.36. The highest BCUT2D eigenvalue weighted by molar-refractivity contribution is 5.74. The molecule has 0 aromatic carbocycles. The van der Waals surface area contributed by atoms with E-state index in [1.165, 1.54) is 0 Å². The molecular formula is C12H21N3O2. The number of carbonyl (C=O) groups is 1. The van der Waals surface area contributed by atoms with Crippen LogP contribution in [0, 0.1) is 13.8 Å². The van der Waals surface area contributed by atoms with Crippen molar-refractivity contribution in [2.75, 3.05) is 0 Å². The van der Waals surface area contributed by atoms with E-state index in [1.807, 2.05) is 45.4 Å². The average molecular weight is 239 g/mol. The molecule has 1 N–H and O–H groups in total. The number of carbonyl (C=O) groups excluding carboxylic acids is 1. The Kier molecular flexibility index (Phi) is 4.28. The van der Waals surface area contributed by atoms with Gasteiger partial charge in [0.1, 0.15) is 0 Å². The van der Waals surface area contributed by atoms with E-state index in [4.69, 9.17) is 4.84 Å². The summed E-state index contributed by atoms with van der Waals surface area (Å²) in [5, 5.41) is 4.29. The zero-order chi connectivity index (χ0) is 13.1. The molecule has 1 heterocycles. The summed E-state index contributed by atoms with van der Waals surface area (Å²) < 4.78 is 1.83. The monoisotopic (exact) mass is 239 g/mol. The first-order valence-electron chi connectivity index (χ1n) is 5.76. The van der Waals surface area contributed by atoms with Gasteiger partial charge in [-0.05, 0) is 40.7 Å². The molecule has 96 valence electrons. The lowest BCUT2D eigenvalue weighted by Crippen LogP contribution is -2.34. The van der Waals surface area contributed by atoms with E-state index in [9.17, 15) is 4.79 Å². The summed E-state index contributed by atoms with van der Waals surface area (Å²) in [6.07, 6.45) is 0.359. The second kappa shape index (κ2) is 5.31. The lowest BCUT2D eigenvalue weighted by molar-refractivity contribution is -0.145. The third-order valence-corrected chi connectivity index (χ3v) is 2.13. The highest BCUT2D eigenvalue weighted by atomic mass is 16.7. The number of rotatable bonds is 4. The molecule has 0 saturated carbocycles. The Bertz CT molecular complexity index is 391. The first-order valence-corrected chi connectivity index (χ1v) is 5.76. The molecule has 1 rings (SSSR count). The molecule has 0 aliphatic rings. The second-order valence-electron chi connectivity index (χ2n) is 5.14. The van der Waals surface area contributed by atoms with Crippen molar-refractivity contribution in [1.29, 1.82) is 0 Å². The highest BCUT2D eigenvalue weighted by Gasteiger charge is 2.13. The molecule has 0 bridgehead atoms. The first-order chi connectivity index (χ1) is 7.78. The van der Waals surface area contributed by atoms with Crippen LogP contribution >= 0.6 is 0 Å². The van der Waals surface area contributed by atoms with Gasteiger partial charge in [0.25, 0.3) is 0 Å². The Labute approximate surface area is 102 Å². The van der Waals surface area contributed by atoms with Crippen LogP contribution < -0.4 is 5.48 Å². The fourth-order valence-electron chi connectivity index (χ4n) is 1.37. The van der Waals surface area contributed by atoms with Gasteiger partial charge in [0, 0.05) is 12.1 Å². The predicted molar refractivity (Wildman–Crippen MR) is 65.3 cm³/mol. The molecule has 0 radical (unpaired) electrons. The summed E-state index contributed by atoms with van der Waals surface area (Å²) in [4.78, 5) is 16.7. The summed E-state index contributed by atoms with van der Waals surface area (Å²) in [5.41, 5.74) is 4.10. The van der Waals surface area contributed by atoms with Crippen molar-refractivity contribution in [1.82, 2.24) is 15.3 Å². The minimum Gasteiger partial charge on any atom is -0.273 e. The molecule has 0 fully saturated rings. The fraction of sp³-hybridized carbons (Fsp3) is 0.667. The quantitative estimate of drug-likeness (QED) is 0.814. The topological polar surface area (TPSA) is 56.2 Å². The van der Waals surface area contributed by atoms with Crippen molar-refractivity contribution >= 4 is 5.91 Å². The Morgan fingerprint density at radius 1 is 1.47 bits per heavy atom. The molecule has 0 aliphatic heterocycles. The molecule has 0 spiro atoms. The number of hydrogen-bond acceptors (Lipinski definition) is 3. The van der Waals surface area contributed by atoms with E-state index in [0.717, 1.165) is 11.4 Å². The van der Waals surface area contributed by atoms with E-state index in [2.05, 4.69) is 10.6 Å². The van der Waals surface area contributed by atoms with Gasteiger partial charge < -0.3 is 0 Å². The highest BCUT2D eigenvalue weighted by Crippen LogP contribution is 2.05. The largest absolute Gasteiger partial charge is 0.273 e. The second-order valence-corrected chi connectivity index (χ2v) is 5.14. The van der Waals surface area contributed by atoms with Crippen LogP contribution in [0.1, 0.15) is 38.6 Å².